The molecule has 4 rings (SSSR count). The largest absolute Gasteiger partial charge is 0.325 e. The van der Waals surface area contributed by atoms with Crippen LogP contribution in [0.5, 0.6) is 0 Å². The lowest BCUT2D eigenvalue weighted by Crippen LogP contribution is -2.19. The van der Waals surface area contributed by atoms with E-state index in [1.165, 1.54) is 11.3 Å². The highest BCUT2D eigenvalue weighted by molar-refractivity contribution is 7.13. The number of aliphatic imine (C=N–C) groups is 1. The molecule has 3 N–H and O–H groups in total. The van der Waals surface area contributed by atoms with Gasteiger partial charge in [0.1, 0.15) is 0 Å². The van der Waals surface area contributed by atoms with Gasteiger partial charge in [0.2, 0.25) is 0 Å². The topological polar surface area (TPSA) is 108 Å². The number of rotatable bonds is 4. The maximum absolute atomic E-state index is 12.0. The first-order valence-corrected chi connectivity index (χ1v) is 8.56. The SMILES string of the molecule is O=C(Nc1ccc2c(/C=N/c3ccccn3)[nH]nc2c1)Nc1nccs1. The van der Waals surface area contributed by atoms with Crippen LogP contribution in [0.4, 0.5) is 21.4 Å². The molecule has 3 heterocycles. The van der Waals surface area contributed by atoms with Crippen molar-refractivity contribution in [1.82, 2.24) is 20.2 Å². The van der Waals surface area contributed by atoms with Crippen LogP contribution in [-0.2, 0) is 0 Å². The van der Waals surface area contributed by atoms with E-state index >= 15 is 0 Å². The molecular formula is C17H13N7OS. The van der Waals surface area contributed by atoms with Gasteiger partial charge in [-0.05, 0) is 30.3 Å². The Bertz CT molecular complexity index is 1060. The number of H-pyrrole nitrogens is 1. The number of nitrogens with zero attached hydrogens (tertiary/aromatic N) is 4. The van der Waals surface area contributed by atoms with E-state index in [9.17, 15) is 4.79 Å². The van der Waals surface area contributed by atoms with Gasteiger partial charge in [0, 0.05) is 28.8 Å². The summed E-state index contributed by atoms with van der Waals surface area (Å²) < 4.78 is 0. The average molecular weight is 363 g/mol. The Hall–Kier alpha value is -3.59. The molecule has 0 atom stereocenters. The molecule has 0 saturated heterocycles. The number of anilines is 2. The van der Waals surface area contributed by atoms with Crippen molar-refractivity contribution in [2.45, 2.75) is 0 Å². The number of nitrogens with one attached hydrogen (secondary N) is 3. The summed E-state index contributed by atoms with van der Waals surface area (Å²) in [7, 11) is 0. The van der Waals surface area contributed by atoms with Crippen LogP contribution in [-0.4, -0.2) is 32.4 Å². The summed E-state index contributed by atoms with van der Waals surface area (Å²) in [5, 5.41) is 15.8. The van der Waals surface area contributed by atoms with Crippen LogP contribution in [0.15, 0.2) is 59.2 Å². The molecule has 9 heteroatoms. The van der Waals surface area contributed by atoms with Crippen LogP contribution in [0.2, 0.25) is 0 Å². The minimum Gasteiger partial charge on any atom is -0.308 e. The maximum atomic E-state index is 12.0. The quantitative estimate of drug-likeness (QED) is 0.479. The average Bonchev–Trinajstić information content (AvgIpc) is 3.30. The Morgan fingerprint density at radius 3 is 2.92 bits per heavy atom. The molecule has 0 spiro atoms. The van der Waals surface area contributed by atoms with E-state index in [1.807, 2.05) is 24.3 Å². The van der Waals surface area contributed by atoms with Crippen LogP contribution in [0, 0.1) is 0 Å². The Labute approximate surface area is 152 Å². The molecule has 0 saturated carbocycles. The van der Waals surface area contributed by atoms with E-state index in [-0.39, 0.29) is 6.03 Å². The van der Waals surface area contributed by atoms with Crippen LogP contribution < -0.4 is 10.6 Å². The van der Waals surface area contributed by atoms with Gasteiger partial charge in [-0.15, -0.1) is 11.3 Å². The molecule has 26 heavy (non-hydrogen) atoms. The van der Waals surface area contributed by atoms with E-state index in [0.717, 1.165) is 16.6 Å². The number of fused-ring (bicyclic) bond motifs is 1. The number of urea groups is 1. The molecule has 2 amide bonds. The second-order valence-corrected chi connectivity index (χ2v) is 6.13. The van der Waals surface area contributed by atoms with Gasteiger partial charge >= 0.3 is 6.03 Å². The Morgan fingerprint density at radius 2 is 2.12 bits per heavy atom. The lowest BCUT2D eigenvalue weighted by Gasteiger charge is -2.05. The zero-order valence-electron chi connectivity index (χ0n) is 13.4. The van der Waals surface area contributed by atoms with E-state index in [4.69, 9.17) is 0 Å². The van der Waals surface area contributed by atoms with E-state index in [1.54, 1.807) is 36.1 Å². The molecule has 128 valence electrons. The lowest BCUT2D eigenvalue weighted by atomic mass is 10.2. The number of hydrogen-bond donors (Lipinski definition) is 3. The van der Waals surface area contributed by atoms with Crippen molar-refractivity contribution in [2.75, 3.05) is 10.6 Å². The number of aromatic amines is 1. The van der Waals surface area contributed by atoms with Gasteiger partial charge in [0.15, 0.2) is 10.9 Å². The predicted molar refractivity (Wildman–Crippen MR) is 102 cm³/mol. The van der Waals surface area contributed by atoms with Gasteiger partial charge in [0.25, 0.3) is 0 Å². The first kappa shape index (κ1) is 15.9. The molecule has 0 aliphatic rings. The fourth-order valence-electron chi connectivity index (χ4n) is 2.31. The number of benzene rings is 1. The predicted octanol–water partition coefficient (Wildman–Crippen LogP) is 3.81. The molecule has 0 fully saturated rings. The van der Waals surface area contributed by atoms with E-state index < -0.39 is 0 Å². The first-order valence-electron chi connectivity index (χ1n) is 7.69. The molecule has 8 nitrogen and oxygen atoms in total. The fourth-order valence-corrected chi connectivity index (χ4v) is 2.84. The van der Waals surface area contributed by atoms with Crippen molar-refractivity contribution in [1.29, 1.82) is 0 Å². The van der Waals surface area contributed by atoms with Crippen LogP contribution >= 0.6 is 11.3 Å². The number of hydrogen-bond acceptors (Lipinski definition) is 6. The Morgan fingerprint density at radius 1 is 1.15 bits per heavy atom. The summed E-state index contributed by atoms with van der Waals surface area (Å²) in [6.45, 7) is 0. The summed E-state index contributed by atoms with van der Waals surface area (Å²) >= 11 is 1.35. The van der Waals surface area contributed by atoms with Crippen LogP contribution in [0.25, 0.3) is 10.9 Å². The highest BCUT2D eigenvalue weighted by Gasteiger charge is 2.08. The third-order valence-electron chi connectivity index (χ3n) is 3.47. The number of thiazole rings is 1. The normalized spacial score (nSPS) is 11.1. The molecular weight excluding hydrogens is 350 g/mol. The Kier molecular flexibility index (Phi) is 4.35. The van der Waals surface area contributed by atoms with Crippen LogP contribution in [0.3, 0.4) is 0 Å². The third kappa shape index (κ3) is 3.57. The molecule has 0 radical (unpaired) electrons. The zero-order valence-corrected chi connectivity index (χ0v) is 14.2. The summed E-state index contributed by atoms with van der Waals surface area (Å²) in [6.07, 6.45) is 5.00. The van der Waals surface area contributed by atoms with Crippen molar-refractivity contribution < 1.29 is 4.79 Å². The summed E-state index contributed by atoms with van der Waals surface area (Å²) in [4.78, 5) is 24.4. The summed E-state index contributed by atoms with van der Waals surface area (Å²) in [6, 6.07) is 10.6. The first-order chi connectivity index (χ1) is 12.8. The highest BCUT2D eigenvalue weighted by Crippen LogP contribution is 2.20. The van der Waals surface area contributed by atoms with Crippen LogP contribution in [0.1, 0.15) is 5.69 Å². The molecule has 0 bridgehead atoms. The second-order valence-electron chi connectivity index (χ2n) is 5.23. The van der Waals surface area contributed by atoms with Crippen molar-refractivity contribution in [2.24, 2.45) is 4.99 Å². The number of pyridine rings is 1. The van der Waals surface area contributed by atoms with Crippen molar-refractivity contribution in [3.63, 3.8) is 0 Å². The molecule has 0 unspecified atom stereocenters. The molecule has 0 aliphatic carbocycles. The van der Waals surface area contributed by atoms with Gasteiger partial charge in [-0.1, -0.05) is 6.07 Å². The lowest BCUT2D eigenvalue weighted by molar-refractivity contribution is 0.262. The monoisotopic (exact) mass is 363 g/mol. The van der Waals surface area contributed by atoms with Crippen molar-refractivity contribution >= 4 is 51.1 Å². The van der Waals surface area contributed by atoms with Crippen molar-refractivity contribution in [3.8, 4) is 0 Å². The number of carbonyl (C=O) groups is 1. The fraction of sp³-hybridized carbons (Fsp3) is 0. The number of carbonyl (C=O) groups excluding carboxylic acids is 1. The standard InChI is InChI=1S/C17H13N7OS/c25-16(22-17-19-7-8-26-17)21-11-4-5-12-13(9-11)23-24-14(12)10-20-15-3-1-2-6-18-15/h1-10H,(H,23,24)(H2,19,21,22,25)/b20-10+. The summed E-state index contributed by atoms with van der Waals surface area (Å²) in [5.74, 6) is 0.618. The maximum Gasteiger partial charge on any atom is 0.325 e. The van der Waals surface area contributed by atoms with Gasteiger partial charge in [-0.2, -0.15) is 5.10 Å². The van der Waals surface area contributed by atoms with Gasteiger partial charge in [-0.25, -0.2) is 19.8 Å². The van der Waals surface area contributed by atoms with E-state index in [0.29, 0.717) is 16.6 Å². The smallest absolute Gasteiger partial charge is 0.308 e. The summed E-state index contributed by atoms with van der Waals surface area (Å²) in [5.41, 5.74) is 2.12. The van der Waals surface area contributed by atoms with E-state index in [2.05, 4.69) is 35.8 Å². The minimum absolute atomic E-state index is 0.355. The number of aromatic nitrogens is 4. The van der Waals surface area contributed by atoms with Crippen molar-refractivity contribution in [3.05, 3.63) is 59.9 Å². The molecule has 3 aromatic heterocycles. The minimum atomic E-state index is -0.355. The number of amides is 2. The van der Waals surface area contributed by atoms with Gasteiger partial charge in [0.05, 0.1) is 17.4 Å². The second kappa shape index (κ2) is 7.11. The van der Waals surface area contributed by atoms with Gasteiger partial charge in [-0.3, -0.25) is 10.4 Å². The molecule has 0 aliphatic heterocycles. The third-order valence-corrected chi connectivity index (χ3v) is 4.16. The molecule has 4 aromatic rings. The van der Waals surface area contributed by atoms with Gasteiger partial charge < -0.3 is 5.32 Å². The Balaban J connectivity index is 1.50. The highest BCUT2D eigenvalue weighted by atomic mass is 32.1. The zero-order chi connectivity index (χ0) is 17.8. The molecule has 1 aromatic carbocycles.